The van der Waals surface area contributed by atoms with Crippen molar-refractivity contribution < 1.29 is 18.3 Å². The van der Waals surface area contributed by atoms with Crippen LogP contribution in [-0.2, 0) is 9.47 Å². The predicted molar refractivity (Wildman–Crippen MR) is 62.4 cm³/mol. The Balaban J connectivity index is 2.21. The zero-order valence-corrected chi connectivity index (χ0v) is 10.5. The molecule has 0 radical (unpaired) electrons. The Kier molecular flexibility index (Phi) is 7.64. The molecule has 3 nitrogen and oxygen atoms in total. The van der Waals surface area contributed by atoms with Crippen molar-refractivity contribution >= 4 is 0 Å². The Morgan fingerprint density at radius 3 is 2.88 bits per heavy atom. The van der Waals surface area contributed by atoms with E-state index in [2.05, 4.69) is 12.2 Å². The van der Waals surface area contributed by atoms with Crippen LogP contribution in [0, 0.1) is 5.92 Å². The zero-order valence-electron chi connectivity index (χ0n) is 10.5. The highest BCUT2D eigenvalue weighted by atomic mass is 19.3. The molecule has 0 aliphatic carbocycles. The van der Waals surface area contributed by atoms with Crippen molar-refractivity contribution in [1.29, 1.82) is 0 Å². The lowest BCUT2D eigenvalue weighted by molar-refractivity contribution is 0.00340. The van der Waals surface area contributed by atoms with E-state index in [-0.39, 0.29) is 0 Å². The van der Waals surface area contributed by atoms with Crippen molar-refractivity contribution in [2.45, 2.75) is 38.7 Å². The standard InChI is InChI=1S/C12H23F2NO2/c1-2-15-11(5-7-17-9-12(13)14)10-4-3-6-16-8-10/h10-12,15H,2-9H2,1H3. The normalized spacial score (nSPS) is 22.9. The fourth-order valence-electron chi connectivity index (χ4n) is 2.23. The number of ether oxygens (including phenoxy) is 2. The number of halogens is 2. The van der Waals surface area contributed by atoms with Crippen LogP contribution in [0.4, 0.5) is 8.78 Å². The van der Waals surface area contributed by atoms with Gasteiger partial charge in [-0.2, -0.15) is 0 Å². The number of hydrogen-bond acceptors (Lipinski definition) is 3. The number of rotatable bonds is 8. The molecule has 0 aromatic heterocycles. The predicted octanol–water partition coefficient (Wildman–Crippen LogP) is 2.06. The molecule has 2 unspecified atom stereocenters. The van der Waals surface area contributed by atoms with Gasteiger partial charge in [0.05, 0.1) is 6.61 Å². The highest BCUT2D eigenvalue weighted by Gasteiger charge is 2.23. The fraction of sp³-hybridized carbons (Fsp3) is 1.00. The first-order valence-corrected chi connectivity index (χ1v) is 6.41. The lowest BCUT2D eigenvalue weighted by Crippen LogP contribution is -2.41. The molecule has 0 aromatic carbocycles. The summed E-state index contributed by atoms with van der Waals surface area (Å²) in [6.07, 6.45) is 0.636. The van der Waals surface area contributed by atoms with E-state index in [0.29, 0.717) is 18.6 Å². The van der Waals surface area contributed by atoms with Crippen molar-refractivity contribution in [2.24, 2.45) is 5.92 Å². The summed E-state index contributed by atoms with van der Waals surface area (Å²) in [6.45, 7) is 4.48. The summed E-state index contributed by atoms with van der Waals surface area (Å²) in [5.41, 5.74) is 0. The van der Waals surface area contributed by atoms with Crippen LogP contribution in [0.1, 0.15) is 26.2 Å². The molecule has 0 aromatic rings. The third-order valence-corrected chi connectivity index (χ3v) is 3.05. The molecule has 0 amide bonds. The lowest BCUT2D eigenvalue weighted by Gasteiger charge is -2.30. The SMILES string of the molecule is CCNC(CCOCC(F)F)C1CCCOC1. The molecule has 1 aliphatic heterocycles. The highest BCUT2D eigenvalue weighted by molar-refractivity contribution is 4.78. The van der Waals surface area contributed by atoms with Crippen LogP contribution in [0.2, 0.25) is 0 Å². The third-order valence-electron chi connectivity index (χ3n) is 3.05. The lowest BCUT2D eigenvalue weighted by atomic mass is 9.92. The average Bonchev–Trinajstić information content (AvgIpc) is 2.34. The van der Waals surface area contributed by atoms with Crippen molar-refractivity contribution in [2.75, 3.05) is 33.0 Å². The summed E-state index contributed by atoms with van der Waals surface area (Å²) in [7, 11) is 0. The van der Waals surface area contributed by atoms with Gasteiger partial charge in [-0.3, -0.25) is 0 Å². The second-order valence-electron chi connectivity index (χ2n) is 4.40. The molecule has 1 N–H and O–H groups in total. The molecule has 17 heavy (non-hydrogen) atoms. The van der Waals surface area contributed by atoms with E-state index in [0.717, 1.165) is 39.0 Å². The first kappa shape index (κ1) is 14.8. The minimum Gasteiger partial charge on any atom is -0.381 e. The second-order valence-corrected chi connectivity index (χ2v) is 4.40. The Morgan fingerprint density at radius 2 is 2.29 bits per heavy atom. The van der Waals surface area contributed by atoms with Gasteiger partial charge in [-0.25, -0.2) is 8.78 Å². The van der Waals surface area contributed by atoms with Gasteiger partial charge >= 0.3 is 0 Å². The molecule has 1 fully saturated rings. The summed E-state index contributed by atoms with van der Waals surface area (Å²) in [4.78, 5) is 0. The Labute approximate surface area is 102 Å². The number of nitrogens with one attached hydrogen (secondary N) is 1. The number of alkyl halides is 2. The van der Waals surface area contributed by atoms with Crippen molar-refractivity contribution in [3.8, 4) is 0 Å². The van der Waals surface area contributed by atoms with Crippen molar-refractivity contribution in [3.63, 3.8) is 0 Å². The quantitative estimate of drug-likeness (QED) is 0.670. The molecular formula is C12H23F2NO2. The van der Waals surface area contributed by atoms with Gasteiger partial charge in [0.2, 0.25) is 0 Å². The maximum absolute atomic E-state index is 11.9. The van der Waals surface area contributed by atoms with E-state index in [1.54, 1.807) is 0 Å². The highest BCUT2D eigenvalue weighted by Crippen LogP contribution is 2.19. The molecule has 1 saturated heterocycles. The molecule has 102 valence electrons. The van der Waals surface area contributed by atoms with E-state index in [9.17, 15) is 8.78 Å². The smallest absolute Gasteiger partial charge is 0.261 e. The zero-order chi connectivity index (χ0) is 12.5. The van der Waals surface area contributed by atoms with Crippen LogP contribution >= 0.6 is 0 Å². The first-order valence-electron chi connectivity index (χ1n) is 6.41. The van der Waals surface area contributed by atoms with E-state index in [1.807, 2.05) is 0 Å². The van der Waals surface area contributed by atoms with Gasteiger partial charge < -0.3 is 14.8 Å². The van der Waals surface area contributed by atoms with Gasteiger partial charge in [-0.1, -0.05) is 6.92 Å². The molecule has 1 aliphatic rings. The summed E-state index contributed by atoms with van der Waals surface area (Å²) in [5.74, 6) is 0.485. The summed E-state index contributed by atoms with van der Waals surface area (Å²) >= 11 is 0. The van der Waals surface area contributed by atoms with Crippen LogP contribution in [0.3, 0.4) is 0 Å². The maximum atomic E-state index is 11.9. The molecule has 0 spiro atoms. The number of hydrogen-bond donors (Lipinski definition) is 1. The first-order chi connectivity index (χ1) is 8.24. The van der Waals surface area contributed by atoms with Gasteiger partial charge in [0, 0.05) is 19.3 Å². The van der Waals surface area contributed by atoms with E-state index in [1.165, 1.54) is 0 Å². The topological polar surface area (TPSA) is 30.5 Å². The van der Waals surface area contributed by atoms with Gasteiger partial charge in [-0.15, -0.1) is 0 Å². The molecular weight excluding hydrogens is 228 g/mol. The van der Waals surface area contributed by atoms with Crippen molar-refractivity contribution in [1.82, 2.24) is 5.32 Å². The average molecular weight is 251 g/mol. The van der Waals surface area contributed by atoms with E-state index in [4.69, 9.17) is 9.47 Å². The fourth-order valence-corrected chi connectivity index (χ4v) is 2.23. The molecule has 2 atom stereocenters. The largest absolute Gasteiger partial charge is 0.381 e. The van der Waals surface area contributed by atoms with Crippen molar-refractivity contribution in [3.05, 3.63) is 0 Å². The maximum Gasteiger partial charge on any atom is 0.261 e. The minimum atomic E-state index is -2.37. The Morgan fingerprint density at radius 1 is 1.47 bits per heavy atom. The second kappa shape index (κ2) is 8.78. The third kappa shape index (κ3) is 6.29. The molecule has 0 bridgehead atoms. The molecule has 5 heteroatoms. The summed E-state index contributed by atoms with van der Waals surface area (Å²) < 4.78 is 34.2. The van der Waals surface area contributed by atoms with Gasteiger partial charge in [0.15, 0.2) is 0 Å². The van der Waals surface area contributed by atoms with E-state index < -0.39 is 13.0 Å². The van der Waals surface area contributed by atoms with E-state index >= 15 is 0 Å². The van der Waals surface area contributed by atoms with Gasteiger partial charge in [0.25, 0.3) is 6.43 Å². The minimum absolute atomic E-state index is 0.318. The summed E-state index contributed by atoms with van der Waals surface area (Å²) in [5, 5.41) is 3.39. The summed E-state index contributed by atoms with van der Waals surface area (Å²) in [6, 6.07) is 0.318. The van der Waals surface area contributed by atoms with Crippen LogP contribution in [0.15, 0.2) is 0 Å². The Hall–Kier alpha value is -0.260. The van der Waals surface area contributed by atoms with Crippen LogP contribution in [-0.4, -0.2) is 45.4 Å². The molecule has 0 saturated carbocycles. The van der Waals surface area contributed by atoms with Crippen LogP contribution in [0.5, 0.6) is 0 Å². The molecule has 1 rings (SSSR count). The van der Waals surface area contributed by atoms with Crippen LogP contribution in [0.25, 0.3) is 0 Å². The molecule has 1 heterocycles. The van der Waals surface area contributed by atoms with Gasteiger partial charge in [-0.05, 0) is 31.7 Å². The Bertz CT molecular complexity index is 187. The monoisotopic (exact) mass is 251 g/mol. The van der Waals surface area contributed by atoms with Crippen LogP contribution < -0.4 is 5.32 Å². The van der Waals surface area contributed by atoms with Gasteiger partial charge in [0.1, 0.15) is 6.61 Å².